The van der Waals surface area contributed by atoms with Crippen molar-refractivity contribution in [3.8, 4) is 0 Å². The Morgan fingerprint density at radius 1 is 1.39 bits per heavy atom. The van der Waals surface area contributed by atoms with E-state index in [0.29, 0.717) is 5.88 Å². The molecule has 8 heteroatoms. The van der Waals surface area contributed by atoms with Gasteiger partial charge in [-0.1, -0.05) is 0 Å². The molecule has 0 spiro atoms. The number of hydrogen-bond donors (Lipinski definition) is 2. The summed E-state index contributed by atoms with van der Waals surface area (Å²) in [5.41, 5.74) is 1.55. The maximum atomic E-state index is 12.2. The molecule has 2 N–H and O–H groups in total. The van der Waals surface area contributed by atoms with E-state index >= 15 is 0 Å². The van der Waals surface area contributed by atoms with Crippen molar-refractivity contribution < 1.29 is 9.59 Å². The van der Waals surface area contributed by atoms with Crippen molar-refractivity contribution in [2.24, 2.45) is 9.57 Å². The largest absolute Gasteiger partial charge is 0.345 e. The summed E-state index contributed by atoms with van der Waals surface area (Å²) >= 11 is 1.64. The maximum Gasteiger partial charge on any atom is 0.235 e. The SMILES string of the molecule is CSc1ccc(NC(=O)CC2C(=O)NC/S2=N\N=C(C)C)cc1. The van der Waals surface area contributed by atoms with Crippen LogP contribution in [0.25, 0.3) is 0 Å². The average molecular weight is 352 g/mol. The Bertz CT molecular complexity index is 652. The fraction of sp³-hybridized carbons (Fsp3) is 0.400. The van der Waals surface area contributed by atoms with Crippen LogP contribution < -0.4 is 10.6 Å². The smallest absolute Gasteiger partial charge is 0.235 e. The third kappa shape index (κ3) is 5.18. The van der Waals surface area contributed by atoms with E-state index < -0.39 is 15.9 Å². The molecule has 2 unspecified atom stereocenters. The summed E-state index contributed by atoms with van der Waals surface area (Å²) in [6.45, 7) is 3.69. The highest BCUT2D eigenvalue weighted by Gasteiger charge is 2.32. The van der Waals surface area contributed by atoms with Crippen LogP contribution in [0.3, 0.4) is 0 Å². The van der Waals surface area contributed by atoms with Crippen LogP contribution >= 0.6 is 11.8 Å². The summed E-state index contributed by atoms with van der Waals surface area (Å²) in [5.74, 6) is 0.137. The minimum absolute atomic E-state index is 0.112. The summed E-state index contributed by atoms with van der Waals surface area (Å²) in [5, 5.41) is 9.17. The Morgan fingerprint density at radius 3 is 2.70 bits per heavy atom. The highest BCUT2D eigenvalue weighted by Crippen LogP contribution is 2.18. The topological polar surface area (TPSA) is 82.9 Å². The van der Waals surface area contributed by atoms with E-state index in [2.05, 4.69) is 20.2 Å². The summed E-state index contributed by atoms with van der Waals surface area (Å²) in [7, 11) is -0.587. The van der Waals surface area contributed by atoms with E-state index in [9.17, 15) is 9.59 Å². The maximum absolute atomic E-state index is 12.2. The predicted octanol–water partition coefficient (Wildman–Crippen LogP) is 2.39. The number of amides is 2. The number of thioether (sulfide) groups is 1. The van der Waals surface area contributed by atoms with Crippen molar-refractivity contribution >= 4 is 45.7 Å². The zero-order chi connectivity index (χ0) is 16.8. The van der Waals surface area contributed by atoms with Crippen LogP contribution in [-0.4, -0.2) is 34.9 Å². The number of nitrogens with one attached hydrogen (secondary N) is 2. The van der Waals surface area contributed by atoms with Gasteiger partial charge in [-0.15, -0.1) is 16.2 Å². The second-order valence-corrected chi connectivity index (χ2v) is 7.89. The quantitative estimate of drug-likeness (QED) is 0.485. The second kappa shape index (κ2) is 8.26. The van der Waals surface area contributed by atoms with Crippen molar-refractivity contribution in [3.63, 3.8) is 0 Å². The first-order valence-corrected chi connectivity index (χ1v) is 9.77. The number of nitrogens with zero attached hydrogens (tertiary/aromatic N) is 2. The fourth-order valence-corrected chi connectivity index (χ4v) is 3.96. The first-order valence-electron chi connectivity index (χ1n) is 7.13. The molecule has 1 aliphatic heterocycles. The van der Waals surface area contributed by atoms with E-state index in [4.69, 9.17) is 0 Å². The number of carbonyl (C=O) groups is 2. The molecule has 1 aromatic rings. The molecule has 0 aliphatic carbocycles. The highest BCUT2D eigenvalue weighted by molar-refractivity contribution is 7.98. The van der Waals surface area contributed by atoms with E-state index in [1.807, 2.05) is 44.4 Å². The predicted molar refractivity (Wildman–Crippen MR) is 96.8 cm³/mol. The van der Waals surface area contributed by atoms with Gasteiger partial charge in [-0.25, -0.2) is 0 Å². The normalized spacial score (nSPS) is 20.2. The molecule has 1 fully saturated rings. The highest BCUT2D eigenvalue weighted by atomic mass is 32.2. The van der Waals surface area contributed by atoms with Gasteiger partial charge in [0.05, 0.1) is 5.88 Å². The zero-order valence-electron chi connectivity index (χ0n) is 13.3. The Labute approximate surface area is 142 Å². The van der Waals surface area contributed by atoms with Crippen molar-refractivity contribution in [1.82, 2.24) is 5.32 Å². The molecule has 1 aromatic carbocycles. The fourth-order valence-electron chi connectivity index (χ4n) is 1.95. The lowest BCUT2D eigenvalue weighted by Crippen LogP contribution is -2.28. The molecule has 6 nitrogen and oxygen atoms in total. The molecule has 2 rings (SSSR count). The number of benzene rings is 1. The van der Waals surface area contributed by atoms with Crippen LogP contribution in [-0.2, 0) is 20.3 Å². The van der Waals surface area contributed by atoms with Crippen LogP contribution in [0.15, 0.2) is 38.7 Å². The minimum atomic E-state index is -0.587. The molecule has 2 atom stereocenters. The van der Waals surface area contributed by atoms with E-state index in [-0.39, 0.29) is 18.2 Å². The van der Waals surface area contributed by atoms with Gasteiger partial charge >= 0.3 is 0 Å². The molecule has 2 amide bonds. The standard InChI is InChI=1S/C15H20N4O2S2/c1-10(2)18-19-23-9-16-15(21)13(23)8-14(20)17-11-4-6-12(22-3)7-5-11/h4-7,13H,8-9H2,1-3H3,(H,16,21)(H,17,20). The molecule has 124 valence electrons. The number of hydrogen-bond acceptors (Lipinski definition) is 4. The third-order valence-electron chi connectivity index (χ3n) is 3.11. The van der Waals surface area contributed by atoms with Crippen LogP contribution in [0.4, 0.5) is 5.69 Å². The van der Waals surface area contributed by atoms with Crippen LogP contribution in [0.1, 0.15) is 20.3 Å². The first-order chi connectivity index (χ1) is 11.0. The lowest BCUT2D eigenvalue weighted by molar-refractivity contribution is -0.123. The van der Waals surface area contributed by atoms with Crippen molar-refractivity contribution in [2.45, 2.75) is 30.4 Å². The van der Waals surface area contributed by atoms with E-state index in [1.165, 1.54) is 0 Å². The summed E-state index contributed by atoms with van der Waals surface area (Å²) < 4.78 is 4.19. The van der Waals surface area contributed by atoms with Crippen molar-refractivity contribution in [3.05, 3.63) is 24.3 Å². The van der Waals surface area contributed by atoms with Gasteiger partial charge in [0.1, 0.15) is 5.25 Å². The van der Waals surface area contributed by atoms with Crippen LogP contribution in [0.2, 0.25) is 0 Å². The molecule has 1 saturated heterocycles. The van der Waals surface area contributed by atoms with Gasteiger partial charge in [-0.3, -0.25) is 9.59 Å². The van der Waals surface area contributed by atoms with Crippen LogP contribution in [0.5, 0.6) is 0 Å². The lowest BCUT2D eigenvalue weighted by Gasteiger charge is -2.09. The zero-order valence-corrected chi connectivity index (χ0v) is 15.0. The summed E-state index contributed by atoms with van der Waals surface area (Å²) in [4.78, 5) is 25.2. The molecule has 0 saturated carbocycles. The van der Waals surface area contributed by atoms with Gasteiger partial charge in [0, 0.05) is 22.7 Å². The summed E-state index contributed by atoms with van der Waals surface area (Å²) in [6.07, 6.45) is 2.11. The lowest BCUT2D eigenvalue weighted by atomic mass is 10.2. The molecular weight excluding hydrogens is 332 g/mol. The minimum Gasteiger partial charge on any atom is -0.345 e. The average Bonchev–Trinajstić information content (AvgIpc) is 2.86. The van der Waals surface area contributed by atoms with Gasteiger partial charge in [0.25, 0.3) is 0 Å². The number of carbonyl (C=O) groups excluding carboxylic acids is 2. The monoisotopic (exact) mass is 352 g/mol. The molecule has 23 heavy (non-hydrogen) atoms. The van der Waals surface area contributed by atoms with Crippen LogP contribution in [0, 0.1) is 0 Å². The molecule has 0 radical (unpaired) electrons. The molecule has 0 aromatic heterocycles. The summed E-state index contributed by atoms with van der Waals surface area (Å²) in [6, 6.07) is 7.60. The van der Waals surface area contributed by atoms with Gasteiger partial charge < -0.3 is 10.6 Å². The third-order valence-corrected chi connectivity index (χ3v) is 5.62. The molecule has 0 bridgehead atoms. The van der Waals surface area contributed by atoms with Gasteiger partial charge in [-0.2, -0.15) is 5.10 Å². The van der Waals surface area contributed by atoms with Gasteiger partial charge in [0.2, 0.25) is 11.8 Å². The van der Waals surface area contributed by atoms with Crippen molar-refractivity contribution in [1.29, 1.82) is 0 Å². The second-order valence-electron chi connectivity index (χ2n) is 5.18. The molecule has 1 aliphatic rings. The Morgan fingerprint density at radius 2 is 2.09 bits per heavy atom. The van der Waals surface area contributed by atoms with Crippen molar-refractivity contribution in [2.75, 3.05) is 17.4 Å². The first kappa shape index (κ1) is 17.7. The Balaban J connectivity index is 2.01. The number of rotatable bonds is 5. The van der Waals surface area contributed by atoms with E-state index in [1.54, 1.807) is 11.8 Å². The molecular formula is C15H20N4O2S2. The van der Waals surface area contributed by atoms with Gasteiger partial charge in [-0.05, 0) is 55.1 Å². The number of anilines is 1. The molecule has 1 heterocycles. The Kier molecular flexibility index (Phi) is 6.35. The van der Waals surface area contributed by atoms with E-state index in [0.717, 1.165) is 16.3 Å². The Hall–Kier alpha value is -1.67. The van der Waals surface area contributed by atoms with Gasteiger partial charge in [0.15, 0.2) is 0 Å².